The zero-order valence-corrected chi connectivity index (χ0v) is 10.1. The van der Waals surface area contributed by atoms with Gasteiger partial charge in [0.15, 0.2) is 0 Å². The second-order valence-corrected chi connectivity index (χ2v) is 3.66. The summed E-state index contributed by atoms with van der Waals surface area (Å²) in [5.41, 5.74) is 1.34. The molecule has 0 saturated heterocycles. The maximum Gasteiger partial charge on any atom is 0.338 e. The number of carbonyl (C=O) groups is 1. The van der Waals surface area contributed by atoms with Gasteiger partial charge in [-0.3, -0.25) is 0 Å². The number of pyridine rings is 1. The maximum absolute atomic E-state index is 11.3. The third-order valence-electron chi connectivity index (χ3n) is 1.50. The van der Waals surface area contributed by atoms with E-state index >= 15 is 0 Å². The molecule has 0 spiro atoms. The third kappa shape index (κ3) is 2.51. The molecule has 1 aromatic rings. The summed E-state index contributed by atoms with van der Waals surface area (Å²) in [6.07, 6.45) is 1.63. The maximum atomic E-state index is 11.3. The number of hydrogen-bond donors (Lipinski definition) is 0. The normalized spacial score (nSPS) is 9.77. The molecule has 1 rings (SSSR count). The highest BCUT2D eigenvalue weighted by atomic mass is 79.9. The molecule has 0 saturated carbocycles. The van der Waals surface area contributed by atoms with E-state index in [9.17, 15) is 4.79 Å². The SMILES string of the molecule is COC(=O)c1cc(Br)ncc1CBr. The summed E-state index contributed by atoms with van der Waals surface area (Å²) in [6.45, 7) is 0. The molecule has 70 valence electrons. The van der Waals surface area contributed by atoms with Crippen LogP contribution in [0.5, 0.6) is 0 Å². The summed E-state index contributed by atoms with van der Waals surface area (Å²) in [7, 11) is 1.36. The molecule has 0 amide bonds. The average Bonchev–Trinajstić information content (AvgIpc) is 2.16. The standard InChI is InChI=1S/C8H7Br2NO2/c1-13-8(12)6-2-7(10)11-4-5(6)3-9/h2,4H,3H2,1H3. The third-order valence-corrected chi connectivity index (χ3v) is 2.54. The predicted octanol–water partition coefficient (Wildman–Crippen LogP) is 2.53. The van der Waals surface area contributed by atoms with E-state index in [4.69, 9.17) is 0 Å². The largest absolute Gasteiger partial charge is 0.465 e. The van der Waals surface area contributed by atoms with E-state index in [-0.39, 0.29) is 5.97 Å². The van der Waals surface area contributed by atoms with Gasteiger partial charge in [0.25, 0.3) is 0 Å². The Morgan fingerprint density at radius 1 is 1.69 bits per heavy atom. The number of aromatic nitrogens is 1. The van der Waals surface area contributed by atoms with Gasteiger partial charge in [0.1, 0.15) is 4.60 Å². The Hall–Kier alpha value is -0.420. The van der Waals surface area contributed by atoms with E-state index in [2.05, 4.69) is 41.6 Å². The summed E-state index contributed by atoms with van der Waals surface area (Å²) in [5.74, 6) is -0.349. The number of nitrogens with zero attached hydrogens (tertiary/aromatic N) is 1. The fraction of sp³-hybridized carbons (Fsp3) is 0.250. The molecule has 5 heteroatoms. The minimum atomic E-state index is -0.349. The van der Waals surface area contributed by atoms with Gasteiger partial charge in [-0.25, -0.2) is 9.78 Å². The lowest BCUT2D eigenvalue weighted by molar-refractivity contribution is 0.0599. The van der Waals surface area contributed by atoms with Crippen LogP contribution in [0.15, 0.2) is 16.9 Å². The lowest BCUT2D eigenvalue weighted by Crippen LogP contribution is -2.05. The molecule has 13 heavy (non-hydrogen) atoms. The van der Waals surface area contributed by atoms with Crippen LogP contribution < -0.4 is 0 Å². The van der Waals surface area contributed by atoms with Crippen LogP contribution in [0.4, 0.5) is 0 Å². The minimum Gasteiger partial charge on any atom is -0.465 e. The van der Waals surface area contributed by atoms with E-state index < -0.39 is 0 Å². The summed E-state index contributed by atoms with van der Waals surface area (Å²) < 4.78 is 5.25. The Labute approximate surface area is 92.8 Å². The van der Waals surface area contributed by atoms with E-state index in [1.807, 2.05) is 0 Å². The van der Waals surface area contributed by atoms with Crippen LogP contribution in [-0.4, -0.2) is 18.1 Å². The van der Waals surface area contributed by atoms with Crippen molar-refractivity contribution >= 4 is 37.8 Å². The molecule has 0 aliphatic rings. The molecule has 0 atom stereocenters. The van der Waals surface area contributed by atoms with Crippen LogP contribution >= 0.6 is 31.9 Å². The number of hydrogen-bond acceptors (Lipinski definition) is 3. The van der Waals surface area contributed by atoms with Gasteiger partial charge in [-0.2, -0.15) is 0 Å². The van der Waals surface area contributed by atoms with Gasteiger partial charge < -0.3 is 4.74 Å². The molecule has 0 aliphatic carbocycles. The van der Waals surface area contributed by atoms with Crippen molar-refractivity contribution < 1.29 is 9.53 Å². The highest BCUT2D eigenvalue weighted by molar-refractivity contribution is 9.10. The van der Waals surface area contributed by atoms with Crippen LogP contribution in [0.25, 0.3) is 0 Å². The first kappa shape index (κ1) is 10.7. The predicted molar refractivity (Wildman–Crippen MR) is 55.9 cm³/mol. The lowest BCUT2D eigenvalue weighted by Gasteiger charge is -2.04. The monoisotopic (exact) mass is 307 g/mol. The van der Waals surface area contributed by atoms with E-state index in [0.29, 0.717) is 15.5 Å². The van der Waals surface area contributed by atoms with Crippen molar-refractivity contribution in [1.82, 2.24) is 4.98 Å². The number of halogens is 2. The Morgan fingerprint density at radius 2 is 2.38 bits per heavy atom. The van der Waals surface area contributed by atoms with Gasteiger partial charge in [0.05, 0.1) is 12.7 Å². The number of esters is 1. The summed E-state index contributed by atoms with van der Waals surface area (Å²) in [4.78, 5) is 15.3. The Kier molecular flexibility index (Phi) is 3.87. The lowest BCUT2D eigenvalue weighted by atomic mass is 10.2. The number of rotatable bonds is 2. The minimum absolute atomic E-state index is 0.349. The molecular formula is C8H7Br2NO2. The molecule has 1 heterocycles. The molecule has 0 fully saturated rings. The highest BCUT2D eigenvalue weighted by Crippen LogP contribution is 2.16. The molecule has 0 unspecified atom stereocenters. The van der Waals surface area contributed by atoms with Crippen LogP contribution in [0.3, 0.4) is 0 Å². The van der Waals surface area contributed by atoms with E-state index in [1.165, 1.54) is 7.11 Å². The first-order valence-electron chi connectivity index (χ1n) is 3.47. The second kappa shape index (κ2) is 4.72. The number of ether oxygens (including phenoxy) is 1. The van der Waals surface area contributed by atoms with Gasteiger partial charge in [0.2, 0.25) is 0 Å². The molecule has 3 nitrogen and oxygen atoms in total. The first-order valence-corrected chi connectivity index (χ1v) is 5.39. The van der Waals surface area contributed by atoms with Gasteiger partial charge in [-0.1, -0.05) is 15.9 Å². The number of carbonyl (C=O) groups excluding carboxylic acids is 1. The smallest absolute Gasteiger partial charge is 0.338 e. The fourth-order valence-electron chi connectivity index (χ4n) is 0.865. The van der Waals surface area contributed by atoms with Crippen molar-refractivity contribution in [2.75, 3.05) is 7.11 Å². The van der Waals surface area contributed by atoms with E-state index in [0.717, 1.165) is 5.56 Å². The van der Waals surface area contributed by atoms with Crippen molar-refractivity contribution in [3.63, 3.8) is 0 Å². The number of alkyl halides is 1. The van der Waals surface area contributed by atoms with Crippen LogP contribution in [-0.2, 0) is 10.1 Å². The van der Waals surface area contributed by atoms with Crippen molar-refractivity contribution in [2.24, 2.45) is 0 Å². The molecule has 0 bridgehead atoms. The fourth-order valence-corrected chi connectivity index (χ4v) is 1.64. The zero-order valence-electron chi connectivity index (χ0n) is 6.88. The first-order chi connectivity index (χ1) is 6.19. The van der Waals surface area contributed by atoms with Crippen molar-refractivity contribution in [2.45, 2.75) is 5.33 Å². The Morgan fingerprint density at radius 3 is 2.92 bits per heavy atom. The Bertz CT molecular complexity index is 328. The molecular weight excluding hydrogens is 302 g/mol. The Balaban J connectivity index is 3.15. The number of methoxy groups -OCH3 is 1. The summed E-state index contributed by atoms with van der Waals surface area (Å²) >= 11 is 6.46. The summed E-state index contributed by atoms with van der Waals surface area (Å²) in [6, 6.07) is 1.64. The summed E-state index contributed by atoms with van der Waals surface area (Å²) in [5, 5.41) is 0.581. The molecule has 0 N–H and O–H groups in total. The zero-order chi connectivity index (χ0) is 9.84. The average molecular weight is 309 g/mol. The topological polar surface area (TPSA) is 39.2 Å². The van der Waals surface area contributed by atoms with Crippen molar-refractivity contribution in [3.8, 4) is 0 Å². The van der Waals surface area contributed by atoms with Crippen molar-refractivity contribution in [3.05, 3.63) is 28.0 Å². The molecule has 1 aromatic heterocycles. The second-order valence-electron chi connectivity index (χ2n) is 2.29. The molecule has 0 radical (unpaired) electrons. The van der Waals surface area contributed by atoms with Gasteiger partial charge in [0, 0.05) is 11.5 Å². The molecule has 0 aliphatic heterocycles. The van der Waals surface area contributed by atoms with E-state index in [1.54, 1.807) is 12.3 Å². The quantitative estimate of drug-likeness (QED) is 0.479. The van der Waals surface area contributed by atoms with Gasteiger partial charge >= 0.3 is 5.97 Å². The van der Waals surface area contributed by atoms with Gasteiger partial charge in [-0.15, -0.1) is 0 Å². The van der Waals surface area contributed by atoms with Crippen LogP contribution in [0, 0.1) is 0 Å². The molecule has 0 aromatic carbocycles. The van der Waals surface area contributed by atoms with Gasteiger partial charge in [-0.05, 0) is 27.6 Å². The van der Waals surface area contributed by atoms with Crippen LogP contribution in [0.1, 0.15) is 15.9 Å². The van der Waals surface area contributed by atoms with Crippen molar-refractivity contribution in [1.29, 1.82) is 0 Å². The van der Waals surface area contributed by atoms with Crippen LogP contribution in [0.2, 0.25) is 0 Å². The highest BCUT2D eigenvalue weighted by Gasteiger charge is 2.11.